The number of aromatic nitrogens is 1. The molecule has 1 heterocycles. The summed E-state index contributed by atoms with van der Waals surface area (Å²) >= 11 is 0. The van der Waals surface area contributed by atoms with Gasteiger partial charge in [-0.3, -0.25) is 9.59 Å². The van der Waals surface area contributed by atoms with Crippen molar-refractivity contribution >= 4 is 17.5 Å². The van der Waals surface area contributed by atoms with Crippen LogP contribution in [0.15, 0.2) is 42.6 Å². The van der Waals surface area contributed by atoms with E-state index in [-0.39, 0.29) is 24.4 Å². The fraction of sp³-hybridized carbons (Fsp3) is 0.455. The van der Waals surface area contributed by atoms with E-state index in [9.17, 15) is 9.59 Å². The van der Waals surface area contributed by atoms with E-state index >= 15 is 0 Å². The maximum absolute atomic E-state index is 12.9. The number of rotatable bonds is 6. The van der Waals surface area contributed by atoms with Gasteiger partial charge in [0.25, 0.3) is 5.91 Å². The second kappa shape index (κ2) is 8.89. The number of benzene rings is 1. The molecule has 1 aromatic heterocycles. The van der Waals surface area contributed by atoms with Crippen LogP contribution in [0.25, 0.3) is 0 Å². The van der Waals surface area contributed by atoms with Crippen molar-refractivity contribution in [1.29, 1.82) is 0 Å². The first-order chi connectivity index (χ1) is 13.1. The molecular formula is C22H29N3O2. The van der Waals surface area contributed by atoms with E-state index in [2.05, 4.69) is 5.32 Å². The molecule has 0 radical (unpaired) electrons. The molecule has 1 N–H and O–H groups in total. The van der Waals surface area contributed by atoms with Crippen LogP contribution in [0.4, 0.5) is 5.69 Å². The largest absolute Gasteiger partial charge is 0.348 e. The molecule has 0 saturated heterocycles. The normalized spacial score (nSPS) is 14.7. The fourth-order valence-electron chi connectivity index (χ4n) is 3.79. The molecule has 5 nitrogen and oxygen atoms in total. The smallest absolute Gasteiger partial charge is 0.268 e. The van der Waals surface area contributed by atoms with Crippen LogP contribution < -0.4 is 10.2 Å². The lowest BCUT2D eigenvalue weighted by Crippen LogP contribution is -2.38. The Bertz CT molecular complexity index is 790. The molecule has 1 aliphatic carbocycles. The molecule has 1 fully saturated rings. The maximum atomic E-state index is 12.9. The Morgan fingerprint density at radius 1 is 1.15 bits per heavy atom. The standard InChI is InChI=1S/C22H29N3O2/c1-3-25(19-12-7-9-17(2)15-19)21(26)16-24-14-8-13-20(24)22(27)23-18-10-5-4-6-11-18/h7-9,12-15,18H,3-6,10-11,16H2,1-2H3,(H,23,27). The predicted molar refractivity (Wildman–Crippen MR) is 108 cm³/mol. The van der Waals surface area contributed by atoms with Gasteiger partial charge < -0.3 is 14.8 Å². The van der Waals surface area contributed by atoms with Crippen molar-refractivity contribution in [3.63, 3.8) is 0 Å². The molecular weight excluding hydrogens is 338 g/mol. The summed E-state index contributed by atoms with van der Waals surface area (Å²) in [6.07, 6.45) is 7.49. The van der Waals surface area contributed by atoms with E-state index in [1.807, 2.05) is 44.2 Å². The molecule has 1 saturated carbocycles. The molecule has 1 aromatic carbocycles. The fourth-order valence-corrected chi connectivity index (χ4v) is 3.79. The highest BCUT2D eigenvalue weighted by atomic mass is 16.2. The van der Waals surface area contributed by atoms with Crippen molar-refractivity contribution in [2.45, 2.75) is 58.5 Å². The molecule has 2 aromatic rings. The van der Waals surface area contributed by atoms with Crippen LogP contribution in [-0.2, 0) is 11.3 Å². The quantitative estimate of drug-likeness (QED) is 0.841. The first-order valence-corrected chi connectivity index (χ1v) is 9.91. The number of likely N-dealkylation sites (N-methyl/N-ethyl adjacent to an activating group) is 1. The first-order valence-electron chi connectivity index (χ1n) is 9.91. The topological polar surface area (TPSA) is 54.3 Å². The summed E-state index contributed by atoms with van der Waals surface area (Å²) < 4.78 is 1.75. The number of aryl methyl sites for hydroxylation is 1. The van der Waals surface area contributed by atoms with Gasteiger partial charge in [-0.1, -0.05) is 31.4 Å². The Balaban J connectivity index is 1.69. The number of carbonyl (C=O) groups is 2. The zero-order valence-electron chi connectivity index (χ0n) is 16.3. The number of amides is 2. The Morgan fingerprint density at radius 3 is 2.63 bits per heavy atom. The van der Waals surface area contributed by atoms with Crippen LogP contribution in [0.3, 0.4) is 0 Å². The third-order valence-corrected chi connectivity index (χ3v) is 5.24. The van der Waals surface area contributed by atoms with E-state index in [1.165, 1.54) is 19.3 Å². The maximum Gasteiger partial charge on any atom is 0.268 e. The summed E-state index contributed by atoms with van der Waals surface area (Å²) in [6, 6.07) is 11.8. The molecule has 0 bridgehead atoms. The Hall–Kier alpha value is -2.56. The SMILES string of the molecule is CCN(C(=O)Cn1cccc1C(=O)NC1CCCCC1)c1cccc(C)c1. The van der Waals surface area contributed by atoms with Crippen LogP contribution in [0.2, 0.25) is 0 Å². The minimum absolute atomic E-state index is 0.0222. The zero-order chi connectivity index (χ0) is 19.2. The van der Waals surface area contributed by atoms with E-state index in [1.54, 1.807) is 21.7 Å². The van der Waals surface area contributed by atoms with E-state index in [0.29, 0.717) is 12.2 Å². The molecule has 2 amide bonds. The third kappa shape index (κ3) is 4.79. The highest BCUT2D eigenvalue weighted by Crippen LogP contribution is 2.19. The lowest BCUT2D eigenvalue weighted by Gasteiger charge is -2.24. The molecule has 27 heavy (non-hydrogen) atoms. The molecule has 1 aliphatic rings. The summed E-state index contributed by atoms with van der Waals surface area (Å²) in [5.74, 6) is -0.107. The van der Waals surface area contributed by atoms with Gasteiger partial charge in [0.15, 0.2) is 0 Å². The van der Waals surface area contributed by atoms with Crippen molar-refractivity contribution in [1.82, 2.24) is 9.88 Å². The number of hydrogen-bond donors (Lipinski definition) is 1. The Labute approximate surface area is 161 Å². The minimum Gasteiger partial charge on any atom is -0.348 e. The van der Waals surface area contributed by atoms with Crippen molar-refractivity contribution in [2.75, 3.05) is 11.4 Å². The lowest BCUT2D eigenvalue weighted by atomic mass is 9.95. The van der Waals surface area contributed by atoms with Crippen molar-refractivity contribution in [2.24, 2.45) is 0 Å². The van der Waals surface area contributed by atoms with Crippen LogP contribution >= 0.6 is 0 Å². The van der Waals surface area contributed by atoms with E-state index in [4.69, 9.17) is 0 Å². The summed E-state index contributed by atoms with van der Waals surface area (Å²) in [7, 11) is 0. The van der Waals surface area contributed by atoms with Gasteiger partial charge in [-0.15, -0.1) is 0 Å². The molecule has 5 heteroatoms. The van der Waals surface area contributed by atoms with Gasteiger partial charge in [0.2, 0.25) is 5.91 Å². The average Bonchev–Trinajstić information content (AvgIpc) is 3.11. The van der Waals surface area contributed by atoms with Crippen molar-refractivity contribution < 1.29 is 9.59 Å². The number of hydrogen-bond acceptors (Lipinski definition) is 2. The Morgan fingerprint density at radius 2 is 1.93 bits per heavy atom. The second-order valence-corrected chi connectivity index (χ2v) is 7.31. The van der Waals surface area contributed by atoms with Gasteiger partial charge in [-0.2, -0.15) is 0 Å². The summed E-state index contributed by atoms with van der Waals surface area (Å²) in [4.78, 5) is 27.3. The van der Waals surface area contributed by atoms with E-state index in [0.717, 1.165) is 24.1 Å². The number of carbonyl (C=O) groups excluding carboxylic acids is 2. The van der Waals surface area contributed by atoms with Crippen molar-refractivity contribution in [3.05, 3.63) is 53.9 Å². The van der Waals surface area contributed by atoms with Crippen LogP contribution in [0, 0.1) is 6.92 Å². The molecule has 0 spiro atoms. The summed E-state index contributed by atoms with van der Waals surface area (Å²) in [6.45, 7) is 4.73. The number of nitrogens with one attached hydrogen (secondary N) is 1. The first kappa shape index (κ1) is 19.2. The third-order valence-electron chi connectivity index (χ3n) is 5.24. The van der Waals surface area contributed by atoms with E-state index < -0.39 is 0 Å². The van der Waals surface area contributed by atoms with Gasteiger partial charge in [0.1, 0.15) is 12.2 Å². The predicted octanol–water partition coefficient (Wildman–Crippen LogP) is 3.91. The van der Waals surface area contributed by atoms with Gasteiger partial charge >= 0.3 is 0 Å². The number of anilines is 1. The zero-order valence-corrected chi connectivity index (χ0v) is 16.3. The van der Waals surface area contributed by atoms with Gasteiger partial charge in [0.05, 0.1) is 0 Å². The molecule has 0 aliphatic heterocycles. The average molecular weight is 367 g/mol. The summed E-state index contributed by atoms with van der Waals surface area (Å²) in [5, 5.41) is 3.13. The van der Waals surface area contributed by atoms with Crippen LogP contribution in [0.5, 0.6) is 0 Å². The van der Waals surface area contributed by atoms with Gasteiger partial charge in [0, 0.05) is 24.5 Å². The number of nitrogens with zero attached hydrogens (tertiary/aromatic N) is 2. The van der Waals surface area contributed by atoms with Gasteiger partial charge in [-0.05, 0) is 56.5 Å². The molecule has 0 unspecified atom stereocenters. The van der Waals surface area contributed by atoms with Crippen LogP contribution in [-0.4, -0.2) is 29.0 Å². The lowest BCUT2D eigenvalue weighted by molar-refractivity contribution is -0.119. The minimum atomic E-state index is -0.0849. The van der Waals surface area contributed by atoms with Gasteiger partial charge in [-0.25, -0.2) is 0 Å². The monoisotopic (exact) mass is 367 g/mol. The van der Waals surface area contributed by atoms with Crippen molar-refractivity contribution in [3.8, 4) is 0 Å². The van der Waals surface area contributed by atoms with Crippen LogP contribution in [0.1, 0.15) is 55.1 Å². The Kier molecular flexibility index (Phi) is 6.32. The second-order valence-electron chi connectivity index (χ2n) is 7.31. The summed E-state index contributed by atoms with van der Waals surface area (Å²) in [5.41, 5.74) is 2.56. The highest BCUT2D eigenvalue weighted by molar-refractivity contribution is 5.96. The molecule has 3 rings (SSSR count). The highest BCUT2D eigenvalue weighted by Gasteiger charge is 2.21. The molecule has 144 valence electrons. The molecule has 0 atom stereocenters.